The molecule has 9 unspecified atom stereocenters. The fraction of sp³-hybridized carbons (Fsp3) is 0.544. The van der Waals surface area contributed by atoms with E-state index in [9.17, 15) is 69.2 Å². The molecule has 0 bridgehead atoms. The number of aliphatic hydroxyl groups is 3. The summed E-state index contributed by atoms with van der Waals surface area (Å²) in [5.41, 5.74) is -3.30. The summed E-state index contributed by atoms with van der Waals surface area (Å²) in [5.74, 6) is -8.65. The number of carboxylic acids is 3. The fourth-order valence-electron chi connectivity index (χ4n) is 17.2. The van der Waals surface area contributed by atoms with E-state index in [0.717, 1.165) is 218 Å². The van der Waals surface area contributed by atoms with Crippen LogP contribution in [0.1, 0.15) is 158 Å². The molecule has 3 aliphatic heterocycles. The molecule has 4 aromatic carbocycles. The second kappa shape index (κ2) is 45.1. The summed E-state index contributed by atoms with van der Waals surface area (Å²) in [4.78, 5) is 68.7. The van der Waals surface area contributed by atoms with E-state index < -0.39 is 71.1 Å². The minimum Gasteiger partial charge on any atom is -0.542 e. The van der Waals surface area contributed by atoms with Crippen LogP contribution in [0.15, 0.2) is 166 Å². The Kier molecular flexibility index (Phi) is 36.1. The third kappa shape index (κ3) is 28.4. The number of benzene rings is 4. The van der Waals surface area contributed by atoms with Crippen molar-refractivity contribution in [2.24, 2.45) is 17.8 Å². The number of aliphatic carboxylic acids is 3. The molecule has 7 aromatic rings. The largest absolute Gasteiger partial charge is 0.542 e. The van der Waals surface area contributed by atoms with E-state index in [0.29, 0.717) is 42.6 Å². The van der Waals surface area contributed by atoms with Crippen LogP contribution < -0.4 is 29.7 Å². The smallest absolute Gasteiger partial charge is 0.430 e. The van der Waals surface area contributed by atoms with Crippen molar-refractivity contribution in [2.75, 3.05) is 112 Å². The molecule has 6 heterocycles. The predicted octanol–water partition coefficient (Wildman–Crippen LogP) is 11.8. The van der Waals surface area contributed by atoms with E-state index in [4.69, 9.17) is 71.9 Å². The molecule has 34 heteroatoms. The SMILES string of the molecule is CN(CCC[N+]1(C)CCC(OC(=O)C(O)(c2ccco2)C2CCCCC2)C1)c1ccccc1.C[N+]1(CCCOc2cccc(C#N)c2)CCC(OC(=O)C(O)(c2ccco2)C2CCCCC2)C1.C[N+]1(CCCOc2cccc3ccccc23)CCC(OC(=O)C(O)(c2ccco2)C2CCCCC2)C1.O=C([O-])C(F)(F)F.O=C([O-])C(F)(F)F.O=C([O-])C(F)(F)F. The highest BCUT2D eigenvalue weighted by Crippen LogP contribution is 2.45. The normalized spacial score (nSPS) is 22.6. The Labute approximate surface area is 714 Å². The summed E-state index contributed by atoms with van der Waals surface area (Å²) in [5, 5.41) is 72.5. The molecule has 3 N–H and O–H groups in total. The minimum atomic E-state index is -5.19. The van der Waals surface area contributed by atoms with Gasteiger partial charge in [-0.2, -0.15) is 44.8 Å². The first-order valence-electron chi connectivity index (χ1n) is 41.9. The Bertz CT molecular complexity index is 4450. The van der Waals surface area contributed by atoms with E-state index >= 15 is 0 Å². The van der Waals surface area contributed by atoms with Crippen LogP contribution in [0.3, 0.4) is 0 Å². The van der Waals surface area contributed by atoms with Gasteiger partial charge in [0.05, 0.1) is 104 Å². The number of halogens is 9. The van der Waals surface area contributed by atoms with Crippen LogP contribution in [0.2, 0.25) is 0 Å². The number of ether oxygens (including phenoxy) is 5. The third-order valence-electron chi connectivity index (χ3n) is 23.9. The van der Waals surface area contributed by atoms with Gasteiger partial charge in [0.1, 0.15) is 66.3 Å². The van der Waals surface area contributed by atoms with Crippen molar-refractivity contribution in [3.63, 3.8) is 0 Å². The number of para-hydroxylation sites is 1. The quantitative estimate of drug-likeness (QED) is 0.0142. The number of hydrogen-bond acceptors (Lipinski definition) is 22. The van der Waals surface area contributed by atoms with Gasteiger partial charge in [-0.05, 0) is 117 Å². The number of nitrogens with zero attached hydrogens (tertiary/aromatic N) is 5. The van der Waals surface area contributed by atoms with Crippen molar-refractivity contribution in [2.45, 2.75) is 188 Å². The number of alkyl halides is 9. The van der Waals surface area contributed by atoms with E-state index in [1.165, 1.54) is 29.9 Å². The number of rotatable bonds is 27. The maximum absolute atomic E-state index is 13.4. The van der Waals surface area contributed by atoms with Crippen LogP contribution in [0, 0.1) is 29.1 Å². The van der Waals surface area contributed by atoms with Gasteiger partial charge < -0.3 is 100 Å². The number of carbonyl (C=O) groups excluding carboxylic acids is 6. The molecule has 13 rings (SSSR count). The Hall–Kier alpha value is -10.2. The number of esters is 3. The molecule has 3 saturated carbocycles. The Morgan fingerprint density at radius 3 is 1.16 bits per heavy atom. The summed E-state index contributed by atoms with van der Waals surface area (Å²) < 4.78 is 144. The molecular weight excluding hydrogens is 1640 g/mol. The summed E-state index contributed by atoms with van der Waals surface area (Å²) in [6.45, 7) is 10.2. The fourth-order valence-corrected chi connectivity index (χ4v) is 17.2. The molecule has 6 fully saturated rings. The lowest BCUT2D eigenvalue weighted by Gasteiger charge is -2.35. The highest BCUT2D eigenvalue weighted by Gasteiger charge is 2.55. The molecule has 25 nitrogen and oxygen atoms in total. The van der Waals surface area contributed by atoms with Crippen LogP contribution in [0.4, 0.5) is 45.2 Å². The highest BCUT2D eigenvalue weighted by molar-refractivity contribution is 5.88. The lowest BCUT2D eigenvalue weighted by atomic mass is 9.75. The van der Waals surface area contributed by atoms with Gasteiger partial charge in [-0.1, -0.05) is 118 Å². The lowest BCUT2D eigenvalue weighted by molar-refractivity contribution is -0.899. The van der Waals surface area contributed by atoms with Gasteiger partial charge in [-0.15, -0.1) is 0 Å². The molecule has 3 aromatic heterocycles. The van der Waals surface area contributed by atoms with E-state index in [1.54, 1.807) is 48.5 Å². The average Bonchev–Trinajstić information content (AvgIpc) is 1.58. The van der Waals surface area contributed by atoms with Gasteiger partial charge in [0, 0.05) is 80.9 Å². The number of carboxylic acid groups (broad SMARTS) is 3. The van der Waals surface area contributed by atoms with E-state index in [1.807, 2.05) is 42.5 Å². The number of fused-ring (bicyclic) bond motifs is 1. The first kappa shape index (κ1) is 99.2. The Morgan fingerprint density at radius 2 is 0.798 bits per heavy atom. The molecule has 0 spiro atoms. The van der Waals surface area contributed by atoms with Gasteiger partial charge in [0.25, 0.3) is 0 Å². The average molecular weight is 1750 g/mol. The molecule has 124 heavy (non-hydrogen) atoms. The van der Waals surface area contributed by atoms with Crippen LogP contribution in [-0.4, -0.2) is 208 Å². The van der Waals surface area contributed by atoms with Gasteiger partial charge in [-0.25, -0.2) is 14.4 Å². The van der Waals surface area contributed by atoms with Crippen molar-refractivity contribution in [1.82, 2.24) is 0 Å². The first-order valence-corrected chi connectivity index (χ1v) is 41.9. The number of nitriles is 1. The summed E-state index contributed by atoms with van der Waals surface area (Å²) in [6, 6.07) is 44.4. The maximum Gasteiger partial charge on any atom is 0.430 e. The lowest BCUT2D eigenvalue weighted by Crippen LogP contribution is -2.48. The van der Waals surface area contributed by atoms with Crippen LogP contribution in [0.5, 0.6) is 11.5 Å². The molecule has 9 atom stereocenters. The third-order valence-corrected chi connectivity index (χ3v) is 23.9. The van der Waals surface area contributed by atoms with Crippen LogP contribution >= 0.6 is 0 Å². The molecule has 680 valence electrons. The molecule has 3 saturated heterocycles. The number of anilines is 1. The summed E-state index contributed by atoms with van der Waals surface area (Å²) in [7, 11) is 8.76. The zero-order valence-corrected chi connectivity index (χ0v) is 70.2. The number of furan rings is 3. The maximum atomic E-state index is 13.4. The van der Waals surface area contributed by atoms with Crippen molar-refractivity contribution in [3.05, 3.63) is 175 Å². The minimum absolute atomic E-state index is 0.152. The summed E-state index contributed by atoms with van der Waals surface area (Å²) in [6.07, 6.45) is 7.93. The topological polar surface area (TPSA) is 345 Å². The van der Waals surface area contributed by atoms with Crippen molar-refractivity contribution >= 4 is 52.3 Å². The zero-order valence-electron chi connectivity index (χ0n) is 70.2. The second-order valence-corrected chi connectivity index (χ2v) is 33.4. The molecule has 0 radical (unpaired) electrons. The van der Waals surface area contributed by atoms with Crippen molar-refractivity contribution < 1.29 is 149 Å². The van der Waals surface area contributed by atoms with Crippen LogP contribution in [-0.2, 0) is 59.8 Å². The highest BCUT2D eigenvalue weighted by atomic mass is 19.4. The number of likely N-dealkylation sites (N-methyl/N-ethyl adjacent to an activating group) is 3. The standard InChI is InChI=1S/C30H38NO5.C27H35N2O5.C27H39N2O4.3C2HF3O2/c1-31(18-9-21-34-27-15-7-11-23-10-5-6-14-26(23)27)19-17-25(22-31)36-29(32)30(33,28-16-8-20-35-28)24-12-3-2-4-13-24;1-29(14-7-17-32-23-11-5-8-21(18-23)19-28)15-13-24(20-29)34-26(30)27(31,25-12-6-16-33-25)22-9-3-2-4-10-22;1-28(23-13-7-4-8-14-23)17-10-18-29(2)19-16-24(21-29)33-26(30)27(31,25-15-9-20-32-25)22-11-5-3-6-12-22;3*3-2(4,5)1(6)7/h5-8,10-11,14-16,20,24-25,33H,2-4,9,12-13,17-19,21-22H2,1H3;5-6,8,11-12,16,18,22,24,31H,2-4,7,9-10,13-15,17,20H2,1H3;4,7-9,13-15,20,22,24,31H,3,5-6,10-12,16-19,21H2,1-2H3;3*(H,6,7)/q3*+1;;;/p-3. The van der Waals surface area contributed by atoms with Gasteiger partial charge >= 0.3 is 36.4 Å². The number of quaternary nitrogens is 3. The van der Waals surface area contributed by atoms with E-state index in [-0.39, 0.29) is 41.8 Å². The Balaban J connectivity index is 0.000000206. The van der Waals surface area contributed by atoms with Crippen molar-refractivity contribution in [3.8, 4) is 17.6 Å². The molecule has 3 aliphatic carbocycles. The molecular formula is C90H112F9N5O20. The number of likely N-dealkylation sites (tertiary alicyclic amines) is 3. The number of carbonyl (C=O) groups is 6. The van der Waals surface area contributed by atoms with Crippen molar-refractivity contribution in [1.29, 1.82) is 5.26 Å². The molecule has 0 amide bonds. The zero-order chi connectivity index (χ0) is 90.6. The first-order chi connectivity index (χ1) is 58.6. The summed E-state index contributed by atoms with van der Waals surface area (Å²) >= 11 is 0. The van der Waals surface area contributed by atoms with E-state index in [2.05, 4.69) is 81.6 Å². The molecule has 6 aliphatic rings. The Morgan fingerprint density at radius 1 is 0.452 bits per heavy atom. The number of hydrogen-bond donors (Lipinski definition) is 3. The second-order valence-electron chi connectivity index (χ2n) is 33.4. The predicted molar refractivity (Wildman–Crippen MR) is 426 cm³/mol. The van der Waals surface area contributed by atoms with Gasteiger partial charge in [0.2, 0.25) is 16.8 Å². The van der Waals surface area contributed by atoms with Gasteiger partial charge in [0.15, 0.2) is 18.3 Å². The van der Waals surface area contributed by atoms with Gasteiger partial charge in [-0.3, -0.25) is 0 Å². The van der Waals surface area contributed by atoms with Crippen LogP contribution in [0.25, 0.3) is 10.8 Å². The monoisotopic (exact) mass is 1750 g/mol.